The smallest absolute Gasteiger partial charge is 0.331 e. The van der Waals surface area contributed by atoms with E-state index >= 15 is 0 Å². The lowest BCUT2D eigenvalue weighted by atomic mass is 10.2. The minimum absolute atomic E-state index is 0.0229. The van der Waals surface area contributed by atoms with Crippen LogP contribution in [0.2, 0.25) is 0 Å². The van der Waals surface area contributed by atoms with Crippen LogP contribution in [0.5, 0.6) is 0 Å². The lowest BCUT2D eigenvalue weighted by Gasteiger charge is -2.01. The standard InChI is InChI=1S/C10H12O6/c1-7(10(14)15)3-2-6-16-9(13)5-4-8(11)12/h4-5H,1-3,6H2,(H,11,12)(H,14,15)/b5-4-. The van der Waals surface area contributed by atoms with Crippen molar-refractivity contribution < 1.29 is 29.3 Å². The Labute approximate surface area is 91.8 Å². The molecule has 0 aromatic heterocycles. The SMILES string of the molecule is C=C(CCCOC(=O)/C=C\C(=O)O)C(=O)O. The monoisotopic (exact) mass is 228 g/mol. The molecule has 6 heteroatoms. The molecule has 0 saturated carbocycles. The van der Waals surface area contributed by atoms with Crippen LogP contribution in [0.4, 0.5) is 0 Å². The van der Waals surface area contributed by atoms with Crippen molar-refractivity contribution in [2.75, 3.05) is 6.61 Å². The third-order valence-electron chi connectivity index (χ3n) is 1.53. The summed E-state index contributed by atoms with van der Waals surface area (Å²) in [4.78, 5) is 31.2. The van der Waals surface area contributed by atoms with Gasteiger partial charge in [0.25, 0.3) is 0 Å². The van der Waals surface area contributed by atoms with E-state index in [0.717, 1.165) is 6.08 Å². The molecular weight excluding hydrogens is 216 g/mol. The fourth-order valence-electron chi connectivity index (χ4n) is 0.753. The molecule has 0 spiro atoms. The molecule has 0 aliphatic carbocycles. The first-order chi connectivity index (χ1) is 7.43. The van der Waals surface area contributed by atoms with Gasteiger partial charge in [-0.2, -0.15) is 0 Å². The second-order valence-electron chi connectivity index (χ2n) is 2.85. The van der Waals surface area contributed by atoms with Crippen LogP contribution in [0.3, 0.4) is 0 Å². The van der Waals surface area contributed by atoms with E-state index < -0.39 is 17.9 Å². The molecule has 0 aliphatic heterocycles. The summed E-state index contributed by atoms with van der Waals surface area (Å²) < 4.78 is 4.60. The minimum atomic E-state index is -1.24. The highest BCUT2D eigenvalue weighted by Crippen LogP contribution is 2.02. The number of hydrogen-bond donors (Lipinski definition) is 2. The van der Waals surface area contributed by atoms with Gasteiger partial charge in [-0.25, -0.2) is 14.4 Å². The van der Waals surface area contributed by atoms with Crippen LogP contribution in [0.25, 0.3) is 0 Å². The molecule has 0 atom stereocenters. The molecule has 0 heterocycles. The number of carbonyl (C=O) groups is 3. The zero-order valence-corrected chi connectivity index (χ0v) is 8.51. The summed E-state index contributed by atoms with van der Waals surface area (Å²) in [5.74, 6) is -3.10. The molecule has 0 radical (unpaired) electrons. The van der Waals surface area contributed by atoms with Crippen molar-refractivity contribution in [1.29, 1.82) is 0 Å². The van der Waals surface area contributed by atoms with E-state index in [1.165, 1.54) is 0 Å². The van der Waals surface area contributed by atoms with E-state index in [1.54, 1.807) is 0 Å². The molecule has 0 rings (SSSR count). The summed E-state index contributed by atoms with van der Waals surface area (Å²) >= 11 is 0. The van der Waals surface area contributed by atoms with Gasteiger partial charge in [0.1, 0.15) is 0 Å². The number of esters is 1. The average Bonchev–Trinajstić information content (AvgIpc) is 2.20. The van der Waals surface area contributed by atoms with Crippen molar-refractivity contribution in [3.8, 4) is 0 Å². The van der Waals surface area contributed by atoms with Crippen LogP contribution in [-0.4, -0.2) is 34.7 Å². The maximum absolute atomic E-state index is 10.8. The van der Waals surface area contributed by atoms with E-state index in [2.05, 4.69) is 11.3 Å². The number of aliphatic carboxylic acids is 2. The molecule has 0 bridgehead atoms. The fraction of sp³-hybridized carbons (Fsp3) is 0.300. The van der Waals surface area contributed by atoms with E-state index in [4.69, 9.17) is 10.2 Å². The van der Waals surface area contributed by atoms with Crippen LogP contribution in [-0.2, 0) is 19.1 Å². The molecule has 0 fully saturated rings. The van der Waals surface area contributed by atoms with Gasteiger partial charge in [0, 0.05) is 17.7 Å². The summed E-state index contributed by atoms with van der Waals surface area (Å²) in [5.41, 5.74) is 0.0390. The van der Waals surface area contributed by atoms with Crippen molar-refractivity contribution >= 4 is 17.9 Å². The van der Waals surface area contributed by atoms with Crippen LogP contribution in [0, 0.1) is 0 Å². The maximum atomic E-state index is 10.8. The second-order valence-corrected chi connectivity index (χ2v) is 2.85. The highest BCUT2D eigenvalue weighted by molar-refractivity contribution is 5.90. The number of carboxylic acid groups (broad SMARTS) is 2. The molecule has 0 aliphatic rings. The molecule has 0 saturated heterocycles. The number of hydrogen-bond acceptors (Lipinski definition) is 4. The van der Waals surface area contributed by atoms with E-state index in [-0.39, 0.29) is 18.6 Å². The van der Waals surface area contributed by atoms with Gasteiger partial charge in [0.2, 0.25) is 0 Å². The Hall–Kier alpha value is -2.11. The molecular formula is C10H12O6. The van der Waals surface area contributed by atoms with Gasteiger partial charge in [-0.3, -0.25) is 0 Å². The minimum Gasteiger partial charge on any atom is -0.478 e. The van der Waals surface area contributed by atoms with Crippen molar-refractivity contribution in [3.63, 3.8) is 0 Å². The molecule has 6 nitrogen and oxygen atoms in total. The Bertz CT molecular complexity index is 328. The van der Waals surface area contributed by atoms with Crippen molar-refractivity contribution in [3.05, 3.63) is 24.3 Å². The molecule has 0 aromatic carbocycles. The highest BCUT2D eigenvalue weighted by Gasteiger charge is 2.04. The quantitative estimate of drug-likeness (QED) is 0.375. The van der Waals surface area contributed by atoms with Gasteiger partial charge in [-0.1, -0.05) is 6.58 Å². The summed E-state index contributed by atoms with van der Waals surface area (Å²) in [5, 5.41) is 16.6. The number of carboxylic acids is 2. The number of rotatable bonds is 7. The summed E-state index contributed by atoms with van der Waals surface area (Å²) in [6.07, 6.45) is 2.00. The van der Waals surface area contributed by atoms with E-state index in [0.29, 0.717) is 12.5 Å². The summed E-state index contributed by atoms with van der Waals surface area (Å²) in [6, 6.07) is 0. The molecule has 2 N–H and O–H groups in total. The third-order valence-corrected chi connectivity index (χ3v) is 1.53. The molecule has 88 valence electrons. The van der Waals surface area contributed by atoms with Gasteiger partial charge in [0.05, 0.1) is 6.61 Å². The molecule has 0 aromatic rings. The zero-order valence-electron chi connectivity index (χ0n) is 8.51. The Morgan fingerprint density at radius 2 is 1.81 bits per heavy atom. The maximum Gasteiger partial charge on any atom is 0.331 e. The number of ether oxygens (including phenoxy) is 1. The molecule has 0 amide bonds. The second kappa shape index (κ2) is 7.22. The van der Waals surface area contributed by atoms with Crippen LogP contribution in [0.15, 0.2) is 24.3 Å². The Morgan fingerprint density at radius 1 is 1.19 bits per heavy atom. The third kappa shape index (κ3) is 7.31. The average molecular weight is 228 g/mol. The highest BCUT2D eigenvalue weighted by atomic mass is 16.5. The van der Waals surface area contributed by atoms with E-state index in [9.17, 15) is 14.4 Å². The first-order valence-corrected chi connectivity index (χ1v) is 4.42. The normalized spacial score (nSPS) is 10.0. The van der Waals surface area contributed by atoms with Crippen LogP contribution < -0.4 is 0 Å². The predicted octanol–water partition coefficient (Wildman–Crippen LogP) is 0.591. The summed E-state index contributed by atoms with van der Waals surface area (Å²) in [6.45, 7) is 3.32. The van der Waals surface area contributed by atoms with Crippen molar-refractivity contribution in [1.82, 2.24) is 0 Å². The van der Waals surface area contributed by atoms with Gasteiger partial charge in [-0.15, -0.1) is 0 Å². The van der Waals surface area contributed by atoms with Gasteiger partial charge in [0.15, 0.2) is 0 Å². The van der Waals surface area contributed by atoms with Crippen LogP contribution >= 0.6 is 0 Å². The van der Waals surface area contributed by atoms with Gasteiger partial charge < -0.3 is 14.9 Å². The number of carbonyl (C=O) groups excluding carboxylic acids is 1. The largest absolute Gasteiger partial charge is 0.478 e. The molecule has 0 unspecified atom stereocenters. The fourth-order valence-corrected chi connectivity index (χ4v) is 0.753. The van der Waals surface area contributed by atoms with E-state index in [1.807, 2.05) is 0 Å². The lowest BCUT2D eigenvalue weighted by Crippen LogP contribution is -2.05. The molecule has 16 heavy (non-hydrogen) atoms. The zero-order chi connectivity index (χ0) is 12.6. The summed E-state index contributed by atoms with van der Waals surface area (Å²) in [7, 11) is 0. The topological polar surface area (TPSA) is 101 Å². The van der Waals surface area contributed by atoms with Gasteiger partial charge in [-0.05, 0) is 12.8 Å². The lowest BCUT2D eigenvalue weighted by molar-refractivity contribution is -0.138. The van der Waals surface area contributed by atoms with Crippen molar-refractivity contribution in [2.45, 2.75) is 12.8 Å². The first kappa shape index (κ1) is 13.9. The van der Waals surface area contributed by atoms with Crippen molar-refractivity contribution in [2.24, 2.45) is 0 Å². The Balaban J connectivity index is 3.67. The Kier molecular flexibility index (Phi) is 6.27. The first-order valence-electron chi connectivity index (χ1n) is 4.42. The van der Waals surface area contributed by atoms with Crippen LogP contribution in [0.1, 0.15) is 12.8 Å². The predicted molar refractivity (Wildman–Crippen MR) is 53.7 cm³/mol. The van der Waals surface area contributed by atoms with Gasteiger partial charge >= 0.3 is 17.9 Å². The Morgan fingerprint density at radius 3 is 2.31 bits per heavy atom.